The molecule has 2 atom stereocenters. The molecule has 2 amide bonds. The van der Waals surface area contributed by atoms with Crippen LogP contribution < -0.4 is 10.2 Å². The minimum absolute atomic E-state index is 0.0294. The molecule has 1 fully saturated rings. The zero-order valence-electron chi connectivity index (χ0n) is 11.5. The van der Waals surface area contributed by atoms with E-state index in [1.165, 1.54) is 4.90 Å². The number of piperazine rings is 1. The maximum absolute atomic E-state index is 12.4. The zero-order chi connectivity index (χ0) is 15.0. The van der Waals surface area contributed by atoms with Crippen molar-refractivity contribution < 1.29 is 9.59 Å². The summed E-state index contributed by atoms with van der Waals surface area (Å²) in [6.45, 7) is 5.45. The molecule has 1 heterocycles. The molecule has 1 aliphatic heterocycles. The third kappa shape index (κ3) is 2.63. The van der Waals surface area contributed by atoms with Crippen LogP contribution in [0.1, 0.15) is 20.8 Å². The highest BCUT2D eigenvalue weighted by atomic mass is 35.5. The van der Waals surface area contributed by atoms with Crippen LogP contribution in [0.2, 0.25) is 10.0 Å². The van der Waals surface area contributed by atoms with Gasteiger partial charge >= 0.3 is 0 Å². The number of amides is 2. The first kappa shape index (κ1) is 15.1. The number of hydrogen-bond donors (Lipinski definition) is 1. The molecule has 0 aliphatic carbocycles. The summed E-state index contributed by atoms with van der Waals surface area (Å²) >= 11 is 12.1. The maximum Gasteiger partial charge on any atom is 0.250 e. The second kappa shape index (κ2) is 5.62. The van der Waals surface area contributed by atoms with Crippen molar-refractivity contribution in [3.05, 3.63) is 28.2 Å². The lowest BCUT2D eigenvalue weighted by molar-refractivity contribution is -0.134. The summed E-state index contributed by atoms with van der Waals surface area (Å²) in [7, 11) is 0. The van der Waals surface area contributed by atoms with E-state index in [0.717, 1.165) is 0 Å². The van der Waals surface area contributed by atoms with Crippen LogP contribution in [0.15, 0.2) is 18.2 Å². The molecule has 0 radical (unpaired) electrons. The topological polar surface area (TPSA) is 49.4 Å². The van der Waals surface area contributed by atoms with Crippen molar-refractivity contribution in [2.24, 2.45) is 5.92 Å². The SMILES string of the molecule is CC1NC(=O)C(C(C)C)N(c2ccc(Cl)cc2Cl)C1=O. The van der Waals surface area contributed by atoms with Gasteiger partial charge in [-0.1, -0.05) is 37.0 Å². The molecule has 4 nitrogen and oxygen atoms in total. The van der Waals surface area contributed by atoms with Gasteiger partial charge < -0.3 is 5.32 Å². The maximum atomic E-state index is 12.4. The van der Waals surface area contributed by atoms with E-state index >= 15 is 0 Å². The van der Waals surface area contributed by atoms with Gasteiger partial charge in [0, 0.05) is 5.02 Å². The molecule has 2 unspecified atom stereocenters. The van der Waals surface area contributed by atoms with Crippen LogP contribution in [0.5, 0.6) is 0 Å². The third-order valence-corrected chi connectivity index (χ3v) is 3.85. The average molecular weight is 315 g/mol. The van der Waals surface area contributed by atoms with Crippen LogP contribution >= 0.6 is 23.2 Å². The summed E-state index contributed by atoms with van der Waals surface area (Å²) in [5.74, 6) is -0.371. The van der Waals surface area contributed by atoms with Gasteiger partial charge in [-0.3, -0.25) is 14.5 Å². The van der Waals surface area contributed by atoms with Gasteiger partial charge in [0.1, 0.15) is 12.1 Å². The van der Waals surface area contributed by atoms with E-state index in [1.807, 2.05) is 13.8 Å². The zero-order valence-corrected chi connectivity index (χ0v) is 13.0. The molecule has 2 rings (SSSR count). The Bertz CT molecular complexity index is 560. The monoisotopic (exact) mass is 314 g/mol. The number of benzene rings is 1. The fraction of sp³-hybridized carbons (Fsp3) is 0.429. The molecule has 1 N–H and O–H groups in total. The number of carbonyl (C=O) groups is 2. The highest BCUT2D eigenvalue weighted by Gasteiger charge is 2.41. The van der Waals surface area contributed by atoms with Crippen LogP contribution in [0.25, 0.3) is 0 Å². The summed E-state index contributed by atoms with van der Waals surface area (Å²) in [6, 6.07) is 3.76. The molecule has 6 heteroatoms. The Kier molecular flexibility index (Phi) is 4.25. The van der Waals surface area contributed by atoms with Crippen LogP contribution in [0.3, 0.4) is 0 Å². The van der Waals surface area contributed by atoms with Crippen molar-refractivity contribution in [3.63, 3.8) is 0 Å². The Hall–Kier alpha value is -1.26. The molecule has 0 aromatic heterocycles. The summed E-state index contributed by atoms with van der Waals surface area (Å²) < 4.78 is 0. The number of anilines is 1. The predicted molar refractivity (Wildman–Crippen MR) is 80.2 cm³/mol. The fourth-order valence-corrected chi connectivity index (χ4v) is 2.87. The standard InChI is InChI=1S/C14H16Cl2N2O2/c1-7(2)12-13(19)17-8(3)14(20)18(12)11-5-4-9(15)6-10(11)16/h4-8,12H,1-3H3,(H,17,19). The molecule has 0 spiro atoms. The van der Waals surface area contributed by atoms with Crippen LogP contribution in [-0.2, 0) is 9.59 Å². The number of carbonyl (C=O) groups excluding carboxylic acids is 2. The molecular formula is C14H16Cl2N2O2. The molecule has 20 heavy (non-hydrogen) atoms. The summed E-state index contributed by atoms with van der Waals surface area (Å²) in [5, 5.41) is 3.54. The Labute approximate surface area is 128 Å². The van der Waals surface area contributed by atoms with Gasteiger partial charge in [-0.05, 0) is 31.0 Å². The molecule has 1 aliphatic rings. The summed E-state index contributed by atoms with van der Waals surface area (Å²) in [4.78, 5) is 26.1. The van der Waals surface area contributed by atoms with Crippen molar-refractivity contribution in [1.29, 1.82) is 0 Å². The van der Waals surface area contributed by atoms with Crippen molar-refractivity contribution in [2.75, 3.05) is 4.90 Å². The second-order valence-corrected chi connectivity index (χ2v) is 6.07. The normalized spacial score (nSPS) is 23.2. The van der Waals surface area contributed by atoms with Gasteiger partial charge in [0.25, 0.3) is 0 Å². The number of rotatable bonds is 2. The van der Waals surface area contributed by atoms with Gasteiger partial charge in [0.2, 0.25) is 11.8 Å². The first-order chi connectivity index (χ1) is 9.32. The van der Waals surface area contributed by atoms with Crippen molar-refractivity contribution in [2.45, 2.75) is 32.9 Å². The first-order valence-corrected chi connectivity index (χ1v) is 7.17. The number of halogens is 2. The van der Waals surface area contributed by atoms with E-state index in [2.05, 4.69) is 5.32 Å². The molecule has 0 saturated carbocycles. The van der Waals surface area contributed by atoms with Crippen molar-refractivity contribution in [1.82, 2.24) is 5.32 Å². The number of nitrogens with zero attached hydrogens (tertiary/aromatic N) is 1. The lowest BCUT2D eigenvalue weighted by Crippen LogP contribution is -2.64. The highest BCUT2D eigenvalue weighted by molar-refractivity contribution is 6.37. The van der Waals surface area contributed by atoms with E-state index in [-0.39, 0.29) is 17.7 Å². The number of hydrogen-bond acceptors (Lipinski definition) is 2. The largest absolute Gasteiger partial charge is 0.343 e. The Morgan fingerprint density at radius 1 is 1.25 bits per heavy atom. The number of nitrogens with one attached hydrogen (secondary N) is 1. The van der Waals surface area contributed by atoms with E-state index in [9.17, 15) is 9.59 Å². The molecule has 1 saturated heterocycles. The average Bonchev–Trinajstić information content (AvgIpc) is 2.33. The minimum Gasteiger partial charge on any atom is -0.343 e. The molecule has 1 aromatic carbocycles. The molecule has 1 aromatic rings. The van der Waals surface area contributed by atoms with Crippen LogP contribution in [0, 0.1) is 5.92 Å². The van der Waals surface area contributed by atoms with Gasteiger partial charge in [0.05, 0.1) is 10.7 Å². The van der Waals surface area contributed by atoms with E-state index in [1.54, 1.807) is 25.1 Å². The quantitative estimate of drug-likeness (QED) is 0.912. The molecule has 108 valence electrons. The molecule has 0 bridgehead atoms. The van der Waals surface area contributed by atoms with Gasteiger partial charge in [-0.15, -0.1) is 0 Å². The van der Waals surface area contributed by atoms with E-state index < -0.39 is 12.1 Å². The lowest BCUT2D eigenvalue weighted by atomic mass is 9.96. The second-order valence-electron chi connectivity index (χ2n) is 5.22. The smallest absolute Gasteiger partial charge is 0.250 e. The van der Waals surface area contributed by atoms with Crippen molar-refractivity contribution >= 4 is 40.7 Å². The lowest BCUT2D eigenvalue weighted by Gasteiger charge is -2.40. The fourth-order valence-electron chi connectivity index (χ4n) is 2.37. The summed E-state index contributed by atoms with van der Waals surface area (Å²) in [5.41, 5.74) is 0.515. The molecular weight excluding hydrogens is 299 g/mol. The van der Waals surface area contributed by atoms with E-state index in [4.69, 9.17) is 23.2 Å². The van der Waals surface area contributed by atoms with Gasteiger partial charge in [-0.2, -0.15) is 0 Å². The van der Waals surface area contributed by atoms with Gasteiger partial charge in [0.15, 0.2) is 0 Å². The van der Waals surface area contributed by atoms with Crippen LogP contribution in [-0.4, -0.2) is 23.9 Å². The highest BCUT2D eigenvalue weighted by Crippen LogP contribution is 2.33. The first-order valence-electron chi connectivity index (χ1n) is 6.41. The Morgan fingerprint density at radius 3 is 2.45 bits per heavy atom. The van der Waals surface area contributed by atoms with Crippen molar-refractivity contribution in [3.8, 4) is 0 Å². The predicted octanol–water partition coefficient (Wildman–Crippen LogP) is 2.87. The third-order valence-electron chi connectivity index (χ3n) is 3.31. The minimum atomic E-state index is -0.572. The Morgan fingerprint density at radius 2 is 1.90 bits per heavy atom. The van der Waals surface area contributed by atoms with Crippen LogP contribution in [0.4, 0.5) is 5.69 Å². The summed E-state index contributed by atoms with van der Waals surface area (Å²) in [6.07, 6.45) is 0. The van der Waals surface area contributed by atoms with E-state index in [0.29, 0.717) is 15.7 Å². The van der Waals surface area contributed by atoms with Gasteiger partial charge in [-0.25, -0.2) is 0 Å². The Balaban J connectivity index is 2.52.